The third kappa shape index (κ3) is 5.97. The zero-order valence-electron chi connectivity index (χ0n) is 12.0. The van der Waals surface area contributed by atoms with Crippen molar-refractivity contribution in [3.05, 3.63) is 47.9 Å². The van der Waals surface area contributed by atoms with Crippen LogP contribution in [0.5, 0.6) is 0 Å². The van der Waals surface area contributed by atoms with E-state index in [1.54, 1.807) is 12.2 Å². The Balaban J connectivity index is 4.86. The van der Waals surface area contributed by atoms with Crippen molar-refractivity contribution in [2.24, 2.45) is 4.99 Å². The number of hydrogen-bond acceptors (Lipinski definition) is 2. The Morgan fingerprint density at radius 1 is 1.17 bits per heavy atom. The van der Waals surface area contributed by atoms with E-state index in [4.69, 9.17) is 0 Å². The van der Waals surface area contributed by atoms with Gasteiger partial charge in [-0.1, -0.05) is 27.0 Å². The molecule has 0 heterocycles. The van der Waals surface area contributed by atoms with Crippen LogP contribution in [-0.4, -0.2) is 16.0 Å². The summed E-state index contributed by atoms with van der Waals surface area (Å²) >= 11 is 0. The number of hydrogen-bond donors (Lipinski definition) is 1. The van der Waals surface area contributed by atoms with Crippen LogP contribution in [0.25, 0.3) is 0 Å². The first-order valence-electron chi connectivity index (χ1n) is 5.83. The van der Waals surface area contributed by atoms with E-state index in [-0.39, 0.29) is 10.9 Å². The smallest absolute Gasteiger partial charge is 0.114 e. The van der Waals surface area contributed by atoms with Crippen LogP contribution in [0, 0.1) is 0 Å². The topological polar surface area (TPSA) is 32.6 Å². The minimum Gasteiger partial charge on any atom is -0.508 e. The van der Waals surface area contributed by atoms with Gasteiger partial charge in [0.1, 0.15) is 5.76 Å². The molecule has 0 aliphatic carbocycles. The predicted molar refractivity (Wildman–Crippen MR) is 85.3 cm³/mol. The number of nitrogens with zero attached hydrogens (tertiary/aromatic N) is 1. The number of rotatable bonds is 5. The van der Waals surface area contributed by atoms with E-state index in [1.807, 2.05) is 20.8 Å². The fourth-order valence-electron chi connectivity index (χ4n) is 0.861. The van der Waals surface area contributed by atoms with Crippen LogP contribution < -0.4 is 0 Å². The summed E-state index contributed by atoms with van der Waals surface area (Å²) in [4.78, 5) is 4.42. The molecule has 1 atom stereocenters. The van der Waals surface area contributed by atoms with Gasteiger partial charge in [0.05, 0.1) is 5.70 Å². The Labute approximate surface area is 113 Å². The minimum absolute atomic E-state index is 0.0605. The second-order valence-corrected chi connectivity index (χ2v) is 6.55. The second kappa shape index (κ2) is 6.70. The zero-order valence-corrected chi connectivity index (χ0v) is 13.2. The van der Waals surface area contributed by atoms with E-state index >= 15 is 0 Å². The van der Waals surface area contributed by atoms with Crippen LogP contribution in [0.3, 0.4) is 0 Å². The monoisotopic (exact) mass is 265 g/mol. The van der Waals surface area contributed by atoms with Crippen molar-refractivity contribution in [3.8, 4) is 0 Å². The fourth-order valence-corrected chi connectivity index (χ4v) is 0.925. The van der Waals surface area contributed by atoms with E-state index in [0.29, 0.717) is 11.3 Å². The van der Waals surface area contributed by atoms with Crippen molar-refractivity contribution in [2.75, 3.05) is 0 Å². The summed E-state index contributed by atoms with van der Waals surface area (Å²) in [6, 6.07) is 0. The molecule has 0 amide bonds. The Morgan fingerprint density at radius 2 is 1.67 bits per heavy atom. The van der Waals surface area contributed by atoms with Gasteiger partial charge in [-0.25, -0.2) is 0 Å². The lowest BCUT2D eigenvalue weighted by Gasteiger charge is -2.18. The van der Waals surface area contributed by atoms with Crippen LogP contribution >= 0.6 is 9.24 Å². The highest BCUT2D eigenvalue weighted by Gasteiger charge is 2.14. The molecule has 0 radical (unpaired) electrons. The summed E-state index contributed by atoms with van der Waals surface area (Å²) in [5, 5.41) is 9.49. The van der Waals surface area contributed by atoms with Gasteiger partial charge in [0.25, 0.3) is 0 Å². The average Bonchev–Trinajstić information content (AvgIpc) is 2.23. The van der Waals surface area contributed by atoms with E-state index in [1.165, 1.54) is 0 Å². The molecule has 0 aromatic rings. The summed E-state index contributed by atoms with van der Waals surface area (Å²) < 4.78 is 0. The first-order valence-corrected chi connectivity index (χ1v) is 6.40. The van der Waals surface area contributed by atoms with Gasteiger partial charge in [-0.2, -0.15) is 0 Å². The van der Waals surface area contributed by atoms with Crippen LogP contribution in [0.2, 0.25) is 0 Å². The SMILES string of the molecule is C=C(/C=C\C(O)=C(C)C)C(=C)N=C(C)C(C)(C)P. The molecule has 3 heteroatoms. The van der Waals surface area contributed by atoms with Gasteiger partial charge in [-0.05, 0) is 44.1 Å². The Bertz CT molecular complexity index is 430. The van der Waals surface area contributed by atoms with Crippen LogP contribution in [0.1, 0.15) is 34.6 Å². The molecule has 100 valence electrons. The molecular weight excluding hydrogens is 241 g/mol. The molecule has 0 saturated heterocycles. The summed E-state index contributed by atoms with van der Waals surface area (Å²) in [6.45, 7) is 17.6. The van der Waals surface area contributed by atoms with E-state index in [2.05, 4.69) is 41.2 Å². The third-order valence-corrected chi connectivity index (χ3v) is 2.98. The molecule has 0 rings (SSSR count). The van der Waals surface area contributed by atoms with Gasteiger partial charge in [0.2, 0.25) is 0 Å². The number of allylic oxidation sites excluding steroid dienone is 3. The standard InChI is InChI=1S/C15H24NOP/c1-10(2)14(17)9-8-11(3)12(4)16-13(5)15(6,7)18/h8-9,17H,3-4,18H2,1-2,5-7H3/b9-8-,16-13?. The summed E-state index contributed by atoms with van der Waals surface area (Å²) in [7, 11) is 2.74. The number of aliphatic hydroxyl groups excluding tert-OH is 1. The van der Waals surface area contributed by atoms with E-state index in [9.17, 15) is 5.11 Å². The van der Waals surface area contributed by atoms with Crippen molar-refractivity contribution in [3.63, 3.8) is 0 Å². The van der Waals surface area contributed by atoms with Crippen molar-refractivity contribution >= 4 is 15.0 Å². The second-order valence-electron chi connectivity index (χ2n) is 5.11. The maximum atomic E-state index is 9.55. The highest BCUT2D eigenvalue weighted by atomic mass is 31.0. The van der Waals surface area contributed by atoms with Gasteiger partial charge in [0.15, 0.2) is 0 Å². The molecule has 1 unspecified atom stereocenters. The lowest BCUT2D eigenvalue weighted by Crippen LogP contribution is -2.20. The van der Waals surface area contributed by atoms with E-state index in [0.717, 1.165) is 11.3 Å². The van der Waals surface area contributed by atoms with Crippen molar-refractivity contribution < 1.29 is 5.11 Å². The highest BCUT2D eigenvalue weighted by molar-refractivity contribution is 7.21. The van der Waals surface area contributed by atoms with Crippen molar-refractivity contribution in [1.29, 1.82) is 0 Å². The van der Waals surface area contributed by atoms with Gasteiger partial charge in [-0.15, -0.1) is 9.24 Å². The van der Waals surface area contributed by atoms with Gasteiger partial charge >= 0.3 is 0 Å². The number of aliphatic hydroxyl groups is 1. The minimum atomic E-state index is -0.0605. The van der Waals surface area contributed by atoms with Gasteiger partial charge in [0, 0.05) is 10.9 Å². The maximum Gasteiger partial charge on any atom is 0.114 e. The quantitative estimate of drug-likeness (QED) is 0.335. The maximum absolute atomic E-state index is 9.55. The third-order valence-electron chi connectivity index (χ3n) is 2.56. The first kappa shape index (κ1) is 16.9. The highest BCUT2D eigenvalue weighted by Crippen LogP contribution is 2.21. The normalized spacial score (nSPS) is 12.7. The first-order chi connectivity index (χ1) is 8.05. The summed E-state index contributed by atoms with van der Waals surface area (Å²) in [5.41, 5.74) is 3.13. The molecule has 0 aliphatic heterocycles. The largest absolute Gasteiger partial charge is 0.508 e. The van der Waals surface area contributed by atoms with Gasteiger partial charge in [-0.3, -0.25) is 4.99 Å². The van der Waals surface area contributed by atoms with Crippen molar-refractivity contribution in [1.82, 2.24) is 0 Å². The predicted octanol–water partition coefficient (Wildman–Crippen LogP) is 4.58. The lowest BCUT2D eigenvalue weighted by molar-refractivity contribution is 0.425. The Morgan fingerprint density at radius 3 is 2.06 bits per heavy atom. The van der Waals surface area contributed by atoms with Gasteiger partial charge < -0.3 is 5.11 Å². The molecule has 18 heavy (non-hydrogen) atoms. The molecule has 0 aromatic heterocycles. The molecule has 0 bridgehead atoms. The van der Waals surface area contributed by atoms with Crippen LogP contribution in [0.4, 0.5) is 0 Å². The summed E-state index contributed by atoms with van der Waals surface area (Å²) in [5.74, 6) is 0.246. The molecule has 2 nitrogen and oxygen atoms in total. The zero-order chi connectivity index (χ0) is 14.5. The molecular formula is C15H24NOP. The molecule has 0 fully saturated rings. The van der Waals surface area contributed by atoms with Crippen molar-refractivity contribution in [2.45, 2.75) is 39.8 Å². The number of aliphatic imine (C=N–C) groups is 1. The molecule has 0 spiro atoms. The molecule has 0 aliphatic rings. The Kier molecular flexibility index (Phi) is 6.28. The average molecular weight is 265 g/mol. The molecule has 0 saturated carbocycles. The molecule has 1 N–H and O–H groups in total. The lowest BCUT2D eigenvalue weighted by atomic mass is 10.1. The van der Waals surface area contributed by atoms with Crippen LogP contribution in [-0.2, 0) is 0 Å². The van der Waals surface area contributed by atoms with Crippen LogP contribution in [0.15, 0.2) is 52.9 Å². The molecule has 0 aromatic carbocycles. The fraction of sp³-hybridized carbons (Fsp3) is 0.400. The van der Waals surface area contributed by atoms with E-state index < -0.39 is 0 Å². The Hall–Kier alpha value is -1.14. The summed E-state index contributed by atoms with van der Waals surface area (Å²) in [6.07, 6.45) is 3.33.